The first-order chi connectivity index (χ1) is 19.0. The largest absolute Gasteiger partial charge is 0.465 e. The lowest BCUT2D eigenvalue weighted by atomic mass is 9.73. The number of pyridine rings is 2. The van der Waals surface area contributed by atoms with Crippen LogP contribution in [-0.4, -0.2) is 66.7 Å². The number of likely N-dealkylation sites (tertiary alicyclic amines) is 2. The Balaban J connectivity index is 1.21. The van der Waals surface area contributed by atoms with Crippen molar-refractivity contribution in [2.45, 2.75) is 6.54 Å². The fourth-order valence-electron chi connectivity index (χ4n) is 5.88. The first-order valence-corrected chi connectivity index (χ1v) is 12.9. The van der Waals surface area contributed by atoms with Crippen molar-refractivity contribution in [2.24, 2.45) is 5.41 Å². The molecule has 1 amide bonds. The van der Waals surface area contributed by atoms with Crippen LogP contribution in [0.25, 0.3) is 39.5 Å². The molecule has 2 aromatic carbocycles. The molecule has 0 bridgehead atoms. The van der Waals surface area contributed by atoms with Gasteiger partial charge < -0.3 is 15.7 Å². The van der Waals surface area contributed by atoms with Gasteiger partial charge in [-0.3, -0.25) is 9.47 Å². The van der Waals surface area contributed by atoms with Crippen LogP contribution in [0.1, 0.15) is 5.56 Å². The average Bonchev–Trinajstić information content (AvgIpc) is 3.28. The van der Waals surface area contributed by atoms with Gasteiger partial charge in [0.15, 0.2) is 11.5 Å². The SMILES string of the molecule is Nc1ncccc1-c1nc2ccc(-c3ccccc3)nc2n1-c1ccc(CN2CC3(C2)CN(C(=O)O)C3)cc1. The summed E-state index contributed by atoms with van der Waals surface area (Å²) in [4.78, 5) is 29.2. The van der Waals surface area contributed by atoms with Crippen molar-refractivity contribution < 1.29 is 9.90 Å². The van der Waals surface area contributed by atoms with Gasteiger partial charge in [-0.25, -0.2) is 19.7 Å². The number of nitrogens with zero attached hydrogens (tertiary/aromatic N) is 6. The Hall–Kier alpha value is -4.76. The predicted octanol–water partition coefficient (Wildman–Crippen LogP) is 4.53. The molecule has 1 spiro atoms. The van der Waals surface area contributed by atoms with Crippen LogP contribution in [-0.2, 0) is 6.54 Å². The van der Waals surface area contributed by atoms with Gasteiger partial charge >= 0.3 is 6.09 Å². The quantitative estimate of drug-likeness (QED) is 0.352. The molecular formula is C30H27N7O2. The van der Waals surface area contributed by atoms with Crippen LogP contribution in [0.15, 0.2) is 85.1 Å². The summed E-state index contributed by atoms with van der Waals surface area (Å²) < 4.78 is 2.05. The number of hydrogen-bond donors (Lipinski definition) is 2. The summed E-state index contributed by atoms with van der Waals surface area (Å²) >= 11 is 0. The topological polar surface area (TPSA) is 113 Å². The zero-order chi connectivity index (χ0) is 26.6. The van der Waals surface area contributed by atoms with E-state index < -0.39 is 6.09 Å². The molecule has 9 heteroatoms. The van der Waals surface area contributed by atoms with Gasteiger partial charge in [0, 0.05) is 55.6 Å². The Morgan fingerprint density at radius 1 is 0.897 bits per heavy atom. The lowest BCUT2D eigenvalue weighted by molar-refractivity contribution is -0.105. The van der Waals surface area contributed by atoms with Crippen molar-refractivity contribution >= 4 is 23.1 Å². The second-order valence-electron chi connectivity index (χ2n) is 10.6. The smallest absolute Gasteiger partial charge is 0.407 e. The zero-order valence-corrected chi connectivity index (χ0v) is 21.2. The van der Waals surface area contributed by atoms with Crippen molar-refractivity contribution in [3.8, 4) is 28.3 Å². The Labute approximate surface area is 225 Å². The van der Waals surface area contributed by atoms with Gasteiger partial charge in [-0.05, 0) is 42.0 Å². The maximum absolute atomic E-state index is 11.1. The molecular weight excluding hydrogens is 490 g/mol. The lowest BCUT2D eigenvalue weighted by Gasteiger charge is -2.59. The van der Waals surface area contributed by atoms with Crippen molar-refractivity contribution in [3.05, 3.63) is 90.6 Å². The van der Waals surface area contributed by atoms with Crippen LogP contribution < -0.4 is 5.73 Å². The summed E-state index contributed by atoms with van der Waals surface area (Å²) in [7, 11) is 0. The first-order valence-electron chi connectivity index (χ1n) is 12.9. The number of nitrogens with two attached hydrogens (primary N) is 1. The Morgan fingerprint density at radius 2 is 1.67 bits per heavy atom. The number of rotatable bonds is 5. The number of carbonyl (C=O) groups is 1. The standard InChI is InChI=1S/C30H27N7O2/c31-26-23(7-4-14-32-26)27-34-25-13-12-24(21-5-2-1-3-6-21)33-28(25)37(27)22-10-8-20(9-11-22)15-35-16-30(17-35)18-36(19-30)29(38)39/h1-14H,15-19H2,(H2,31,32)(H,38,39). The highest BCUT2D eigenvalue weighted by atomic mass is 16.4. The molecule has 7 rings (SSSR count). The van der Waals surface area contributed by atoms with E-state index in [9.17, 15) is 4.79 Å². The van der Waals surface area contributed by atoms with Crippen molar-refractivity contribution in [1.29, 1.82) is 0 Å². The predicted molar refractivity (Wildman–Crippen MR) is 149 cm³/mol. The van der Waals surface area contributed by atoms with E-state index in [1.807, 2.05) is 59.2 Å². The minimum absolute atomic E-state index is 0.148. The van der Waals surface area contributed by atoms with Crippen LogP contribution in [0.2, 0.25) is 0 Å². The number of carboxylic acid groups (broad SMARTS) is 1. The second kappa shape index (κ2) is 8.92. The normalized spacial score (nSPS) is 16.3. The van der Waals surface area contributed by atoms with Crippen LogP contribution >= 0.6 is 0 Å². The van der Waals surface area contributed by atoms with E-state index in [-0.39, 0.29) is 5.41 Å². The van der Waals surface area contributed by atoms with E-state index in [2.05, 4.69) is 34.1 Å². The molecule has 3 N–H and O–H groups in total. The van der Waals surface area contributed by atoms with E-state index >= 15 is 0 Å². The molecule has 2 aliphatic rings. The molecule has 0 saturated carbocycles. The number of amides is 1. The number of aromatic nitrogens is 4. The molecule has 9 nitrogen and oxygen atoms in total. The van der Waals surface area contributed by atoms with E-state index in [1.54, 1.807) is 6.20 Å². The fourth-order valence-corrected chi connectivity index (χ4v) is 5.88. The molecule has 39 heavy (non-hydrogen) atoms. The molecule has 3 aromatic heterocycles. The number of anilines is 1. The first kappa shape index (κ1) is 23.4. The number of fused-ring (bicyclic) bond motifs is 1. The van der Waals surface area contributed by atoms with Crippen LogP contribution in [0.5, 0.6) is 0 Å². The van der Waals surface area contributed by atoms with Gasteiger partial charge in [0.25, 0.3) is 0 Å². The molecule has 2 aliphatic heterocycles. The number of benzene rings is 2. The zero-order valence-electron chi connectivity index (χ0n) is 21.2. The number of imidazole rings is 1. The second-order valence-corrected chi connectivity index (χ2v) is 10.6. The molecule has 0 aliphatic carbocycles. The van der Waals surface area contributed by atoms with Gasteiger partial charge in [-0.15, -0.1) is 0 Å². The molecule has 0 unspecified atom stereocenters. The monoisotopic (exact) mass is 517 g/mol. The van der Waals surface area contributed by atoms with Crippen molar-refractivity contribution in [2.75, 3.05) is 31.9 Å². The third-order valence-electron chi connectivity index (χ3n) is 7.70. The Bertz CT molecular complexity index is 1680. The highest BCUT2D eigenvalue weighted by Crippen LogP contribution is 2.40. The maximum Gasteiger partial charge on any atom is 0.407 e. The van der Waals surface area contributed by atoms with E-state index in [4.69, 9.17) is 20.8 Å². The van der Waals surface area contributed by atoms with Crippen LogP contribution in [0.3, 0.4) is 0 Å². The molecule has 5 aromatic rings. The molecule has 5 heterocycles. The highest BCUT2D eigenvalue weighted by Gasteiger charge is 2.53. The fraction of sp³-hybridized carbons (Fsp3) is 0.200. The number of nitrogen functional groups attached to an aromatic ring is 1. The van der Waals surface area contributed by atoms with Crippen LogP contribution in [0.4, 0.5) is 10.6 Å². The van der Waals surface area contributed by atoms with E-state index in [0.29, 0.717) is 24.7 Å². The summed E-state index contributed by atoms with van der Waals surface area (Å²) in [6.45, 7) is 3.98. The summed E-state index contributed by atoms with van der Waals surface area (Å²) in [6, 6.07) is 26.3. The molecule has 0 radical (unpaired) electrons. The molecule has 2 saturated heterocycles. The lowest BCUT2D eigenvalue weighted by Crippen LogP contribution is -2.72. The Morgan fingerprint density at radius 3 is 2.38 bits per heavy atom. The van der Waals surface area contributed by atoms with Gasteiger partial charge in [-0.2, -0.15) is 0 Å². The third kappa shape index (κ3) is 4.07. The van der Waals surface area contributed by atoms with E-state index in [0.717, 1.165) is 53.3 Å². The van der Waals surface area contributed by atoms with Gasteiger partial charge in [0.05, 0.1) is 11.3 Å². The number of hydrogen-bond acceptors (Lipinski definition) is 6. The molecule has 194 valence electrons. The van der Waals surface area contributed by atoms with Crippen molar-refractivity contribution in [3.63, 3.8) is 0 Å². The molecule has 0 atom stereocenters. The minimum Gasteiger partial charge on any atom is -0.465 e. The summed E-state index contributed by atoms with van der Waals surface area (Å²) in [5.41, 5.74) is 12.8. The van der Waals surface area contributed by atoms with E-state index in [1.165, 1.54) is 10.5 Å². The minimum atomic E-state index is -0.820. The summed E-state index contributed by atoms with van der Waals surface area (Å²) in [5.74, 6) is 1.11. The average molecular weight is 518 g/mol. The van der Waals surface area contributed by atoms with Crippen molar-refractivity contribution in [1.82, 2.24) is 29.3 Å². The third-order valence-corrected chi connectivity index (χ3v) is 7.70. The van der Waals surface area contributed by atoms with Crippen LogP contribution in [0, 0.1) is 5.41 Å². The maximum atomic E-state index is 11.1. The van der Waals surface area contributed by atoms with Gasteiger partial charge in [0.1, 0.15) is 11.3 Å². The summed E-state index contributed by atoms with van der Waals surface area (Å²) in [5, 5.41) is 9.13. The molecule has 2 fully saturated rings. The van der Waals surface area contributed by atoms with Gasteiger partial charge in [-0.1, -0.05) is 42.5 Å². The Kier molecular flexibility index (Phi) is 5.34. The summed E-state index contributed by atoms with van der Waals surface area (Å²) in [6.07, 6.45) is 0.856. The van der Waals surface area contributed by atoms with Gasteiger partial charge in [0.2, 0.25) is 0 Å². The highest BCUT2D eigenvalue weighted by molar-refractivity contribution is 5.84.